The molecule has 0 saturated carbocycles. The van der Waals surface area contributed by atoms with Crippen molar-refractivity contribution in [3.63, 3.8) is 0 Å². The Bertz CT molecular complexity index is 258. The molecular weight excluding hydrogens is 143 g/mol. The van der Waals surface area contributed by atoms with Gasteiger partial charge >= 0.3 is 0 Å². The summed E-state index contributed by atoms with van der Waals surface area (Å²) in [4.78, 5) is 3.70. The van der Waals surface area contributed by atoms with Crippen molar-refractivity contribution >= 4 is 5.82 Å². The van der Waals surface area contributed by atoms with Crippen LogP contribution >= 0.6 is 0 Å². The molecule has 11 heavy (non-hydrogen) atoms. The largest absolute Gasteiger partial charge is 0.383 e. The summed E-state index contributed by atoms with van der Waals surface area (Å²) in [6.45, 7) is 3.90. The number of hydrogen-bond acceptors (Lipinski definition) is 2. The third-order valence-electron chi connectivity index (χ3n) is 1.54. The normalized spacial score (nSPS) is 10.5. The highest BCUT2D eigenvalue weighted by Crippen LogP contribution is 2.19. The van der Waals surface area contributed by atoms with Crippen LogP contribution in [0.25, 0.3) is 0 Å². The van der Waals surface area contributed by atoms with Gasteiger partial charge in [0.1, 0.15) is 11.6 Å². The number of rotatable bonds is 1. The maximum atomic E-state index is 12.6. The first-order valence-electron chi connectivity index (χ1n) is 3.52. The molecule has 1 heterocycles. The molecule has 0 aliphatic heterocycles. The highest BCUT2D eigenvalue weighted by molar-refractivity contribution is 5.40. The van der Waals surface area contributed by atoms with Gasteiger partial charge in [0.05, 0.1) is 6.20 Å². The van der Waals surface area contributed by atoms with Crippen LogP contribution in [-0.4, -0.2) is 4.98 Å². The van der Waals surface area contributed by atoms with E-state index in [1.54, 1.807) is 0 Å². The molecule has 3 heteroatoms. The van der Waals surface area contributed by atoms with Crippen LogP contribution < -0.4 is 5.73 Å². The molecule has 0 saturated heterocycles. The third-order valence-corrected chi connectivity index (χ3v) is 1.54. The maximum Gasteiger partial charge on any atom is 0.141 e. The monoisotopic (exact) mass is 154 g/mol. The van der Waals surface area contributed by atoms with E-state index in [1.165, 1.54) is 6.07 Å². The number of anilines is 1. The van der Waals surface area contributed by atoms with Gasteiger partial charge in [-0.1, -0.05) is 13.8 Å². The molecule has 0 bridgehead atoms. The maximum absolute atomic E-state index is 12.6. The first-order valence-corrected chi connectivity index (χ1v) is 3.52. The van der Waals surface area contributed by atoms with Crippen LogP contribution in [0.3, 0.4) is 0 Å². The van der Waals surface area contributed by atoms with Gasteiger partial charge in [-0.3, -0.25) is 0 Å². The Kier molecular flexibility index (Phi) is 2.08. The summed E-state index contributed by atoms with van der Waals surface area (Å²) in [5.41, 5.74) is 6.28. The van der Waals surface area contributed by atoms with Gasteiger partial charge in [-0.05, 0) is 17.5 Å². The van der Waals surface area contributed by atoms with Crippen molar-refractivity contribution in [3.8, 4) is 0 Å². The Balaban J connectivity index is 3.13. The number of nitrogen functional groups attached to an aromatic ring is 1. The van der Waals surface area contributed by atoms with E-state index in [9.17, 15) is 4.39 Å². The van der Waals surface area contributed by atoms with Crippen LogP contribution in [0, 0.1) is 5.82 Å². The minimum absolute atomic E-state index is 0.221. The summed E-state index contributed by atoms with van der Waals surface area (Å²) in [5.74, 6) is 0.308. The molecule has 1 rings (SSSR count). The minimum atomic E-state index is -0.331. The van der Waals surface area contributed by atoms with Gasteiger partial charge in [0.2, 0.25) is 0 Å². The molecule has 0 spiro atoms. The fraction of sp³-hybridized carbons (Fsp3) is 0.375. The van der Waals surface area contributed by atoms with Crippen molar-refractivity contribution < 1.29 is 4.39 Å². The molecule has 1 aromatic rings. The van der Waals surface area contributed by atoms with Crippen LogP contribution in [0.5, 0.6) is 0 Å². The molecule has 0 aromatic carbocycles. The molecule has 0 amide bonds. The topological polar surface area (TPSA) is 38.9 Å². The van der Waals surface area contributed by atoms with Crippen LogP contribution in [0.4, 0.5) is 10.2 Å². The third kappa shape index (κ3) is 1.67. The van der Waals surface area contributed by atoms with E-state index in [1.807, 2.05) is 13.8 Å². The lowest BCUT2D eigenvalue weighted by molar-refractivity contribution is 0.617. The average molecular weight is 154 g/mol. The Hall–Kier alpha value is -1.12. The van der Waals surface area contributed by atoms with Gasteiger partial charge < -0.3 is 5.73 Å². The van der Waals surface area contributed by atoms with E-state index in [4.69, 9.17) is 5.73 Å². The lowest BCUT2D eigenvalue weighted by Crippen LogP contribution is -1.99. The summed E-state index contributed by atoms with van der Waals surface area (Å²) in [7, 11) is 0. The van der Waals surface area contributed by atoms with Crippen LogP contribution in [-0.2, 0) is 0 Å². The molecule has 0 aliphatic carbocycles. The summed E-state index contributed by atoms with van der Waals surface area (Å²) < 4.78 is 12.6. The number of halogens is 1. The van der Waals surface area contributed by atoms with Crippen molar-refractivity contribution in [2.45, 2.75) is 19.8 Å². The number of pyridine rings is 1. The highest BCUT2D eigenvalue weighted by Gasteiger charge is 2.05. The van der Waals surface area contributed by atoms with Crippen molar-refractivity contribution in [3.05, 3.63) is 23.6 Å². The summed E-state index contributed by atoms with van der Waals surface area (Å²) in [5, 5.41) is 0. The zero-order chi connectivity index (χ0) is 8.43. The average Bonchev–Trinajstić information content (AvgIpc) is 1.94. The second-order valence-corrected chi connectivity index (χ2v) is 2.78. The van der Waals surface area contributed by atoms with E-state index in [0.29, 0.717) is 5.82 Å². The quantitative estimate of drug-likeness (QED) is 0.671. The SMILES string of the molecule is CC(C)c1cc(F)cnc1N. The Labute approximate surface area is 65.3 Å². The van der Waals surface area contributed by atoms with Gasteiger partial charge in [0.15, 0.2) is 0 Å². The lowest BCUT2D eigenvalue weighted by atomic mass is 10.0. The van der Waals surface area contributed by atoms with Crippen LogP contribution in [0.2, 0.25) is 0 Å². The van der Waals surface area contributed by atoms with Crippen LogP contribution in [0.1, 0.15) is 25.3 Å². The van der Waals surface area contributed by atoms with E-state index in [2.05, 4.69) is 4.98 Å². The number of hydrogen-bond donors (Lipinski definition) is 1. The second kappa shape index (κ2) is 2.86. The van der Waals surface area contributed by atoms with Crippen LogP contribution in [0.15, 0.2) is 12.3 Å². The van der Waals surface area contributed by atoms with E-state index >= 15 is 0 Å². The van der Waals surface area contributed by atoms with Gasteiger partial charge in [-0.2, -0.15) is 0 Å². The second-order valence-electron chi connectivity index (χ2n) is 2.78. The molecule has 0 atom stereocenters. The molecule has 0 fully saturated rings. The molecule has 0 radical (unpaired) electrons. The fourth-order valence-electron chi connectivity index (χ4n) is 0.928. The standard InChI is InChI=1S/C8H11FN2/c1-5(2)7-3-6(9)4-11-8(7)10/h3-5H,1-2H3,(H2,10,11). The fourth-order valence-corrected chi connectivity index (χ4v) is 0.928. The molecule has 0 aliphatic rings. The van der Waals surface area contributed by atoms with E-state index in [-0.39, 0.29) is 11.7 Å². The predicted molar refractivity (Wildman–Crippen MR) is 42.7 cm³/mol. The van der Waals surface area contributed by atoms with Crippen molar-refractivity contribution in [2.75, 3.05) is 5.73 Å². The predicted octanol–water partition coefficient (Wildman–Crippen LogP) is 1.93. The summed E-state index contributed by atoms with van der Waals surface area (Å²) >= 11 is 0. The highest BCUT2D eigenvalue weighted by atomic mass is 19.1. The molecule has 1 aromatic heterocycles. The first-order chi connectivity index (χ1) is 5.11. The molecule has 0 unspecified atom stereocenters. The van der Waals surface area contributed by atoms with Gasteiger partial charge in [-0.15, -0.1) is 0 Å². The Morgan fingerprint density at radius 3 is 2.64 bits per heavy atom. The Morgan fingerprint density at radius 1 is 1.55 bits per heavy atom. The smallest absolute Gasteiger partial charge is 0.141 e. The van der Waals surface area contributed by atoms with Crippen molar-refractivity contribution in [1.82, 2.24) is 4.98 Å². The van der Waals surface area contributed by atoms with Gasteiger partial charge in [0, 0.05) is 0 Å². The summed E-state index contributed by atoms with van der Waals surface area (Å²) in [6, 6.07) is 1.42. The minimum Gasteiger partial charge on any atom is -0.383 e. The molecule has 2 N–H and O–H groups in total. The van der Waals surface area contributed by atoms with E-state index in [0.717, 1.165) is 11.8 Å². The molecular formula is C8H11FN2. The van der Waals surface area contributed by atoms with E-state index < -0.39 is 0 Å². The van der Waals surface area contributed by atoms with Gasteiger partial charge in [-0.25, -0.2) is 9.37 Å². The number of aromatic nitrogens is 1. The first kappa shape index (κ1) is 7.98. The number of nitrogens with zero attached hydrogens (tertiary/aromatic N) is 1. The zero-order valence-electron chi connectivity index (χ0n) is 6.63. The number of nitrogens with two attached hydrogens (primary N) is 1. The lowest BCUT2D eigenvalue weighted by Gasteiger charge is -2.06. The van der Waals surface area contributed by atoms with Crippen molar-refractivity contribution in [1.29, 1.82) is 0 Å². The molecule has 60 valence electrons. The zero-order valence-corrected chi connectivity index (χ0v) is 6.63. The molecule has 2 nitrogen and oxygen atoms in total. The Morgan fingerprint density at radius 2 is 2.18 bits per heavy atom. The summed E-state index contributed by atoms with van der Waals surface area (Å²) in [6.07, 6.45) is 1.13. The van der Waals surface area contributed by atoms with Crippen molar-refractivity contribution in [2.24, 2.45) is 0 Å². The van der Waals surface area contributed by atoms with Gasteiger partial charge in [0.25, 0.3) is 0 Å².